The normalized spacial score (nSPS) is 9.76. The van der Waals surface area contributed by atoms with Crippen LogP contribution in [-0.4, -0.2) is 10.2 Å². The van der Waals surface area contributed by atoms with E-state index in [1.165, 1.54) is 18.0 Å². The fraction of sp³-hybridized carbons (Fsp3) is 0.286. The zero-order chi connectivity index (χ0) is 15.8. The number of halogens is 2. The Morgan fingerprint density at radius 1 is 1.19 bits per heavy atom. The largest absolute Gasteiger partial charge is 0.309 e. The standard InChI is InChI=1S/C12H11Cl2N3OS.C2H6/c1-7-2-11(18)12(16-15-7)17-19-6-8-3-9(13)5-10(14)4-8;1-2/h2-5H,6H2,1H3,(H,15,18)(H,16,17);1-2H3. The second-order valence-corrected chi connectivity index (χ2v) is 5.59. The summed E-state index contributed by atoms with van der Waals surface area (Å²) >= 11 is 13.2. The minimum absolute atomic E-state index is 0.145. The number of anilines is 1. The van der Waals surface area contributed by atoms with Gasteiger partial charge in [0.15, 0.2) is 0 Å². The van der Waals surface area contributed by atoms with Gasteiger partial charge in [0.2, 0.25) is 11.2 Å². The molecule has 1 heterocycles. The Balaban J connectivity index is 0.00000106. The molecule has 4 nitrogen and oxygen atoms in total. The van der Waals surface area contributed by atoms with E-state index in [4.69, 9.17) is 23.2 Å². The van der Waals surface area contributed by atoms with Crippen molar-refractivity contribution in [3.05, 3.63) is 55.8 Å². The Morgan fingerprint density at radius 2 is 1.81 bits per heavy atom. The van der Waals surface area contributed by atoms with Crippen LogP contribution >= 0.6 is 35.1 Å². The number of H-pyrrole nitrogens is 1. The summed E-state index contributed by atoms with van der Waals surface area (Å²) < 4.78 is 2.90. The molecule has 0 atom stereocenters. The molecule has 7 heteroatoms. The van der Waals surface area contributed by atoms with Gasteiger partial charge in [-0.25, -0.2) is 0 Å². The Labute approximate surface area is 138 Å². The molecule has 0 unspecified atom stereocenters. The number of hydrogen-bond acceptors (Lipinski definition) is 4. The Kier molecular flexibility index (Phi) is 7.64. The third-order valence-electron chi connectivity index (χ3n) is 2.26. The number of aromatic nitrogens is 2. The number of hydrogen-bond donors (Lipinski definition) is 2. The summed E-state index contributed by atoms with van der Waals surface area (Å²) in [6, 6.07) is 6.83. The van der Waals surface area contributed by atoms with Crippen LogP contribution in [0.3, 0.4) is 0 Å². The highest BCUT2D eigenvalue weighted by atomic mass is 35.5. The molecule has 2 N–H and O–H groups in total. The van der Waals surface area contributed by atoms with Crippen molar-refractivity contribution < 1.29 is 0 Å². The SMILES string of the molecule is CC.Cc1cc(=O)c(NSCc2cc(Cl)cc(Cl)c2)n[nH]1. The maximum Gasteiger partial charge on any atom is 0.225 e. The predicted octanol–water partition coefficient (Wildman–Crippen LogP) is 4.67. The van der Waals surface area contributed by atoms with Gasteiger partial charge < -0.3 is 4.72 Å². The lowest BCUT2D eigenvalue weighted by molar-refractivity contribution is 0.979. The van der Waals surface area contributed by atoms with Gasteiger partial charge in [-0.1, -0.05) is 37.0 Å². The molecule has 0 amide bonds. The topological polar surface area (TPSA) is 57.8 Å². The van der Waals surface area contributed by atoms with Gasteiger partial charge in [-0.05, 0) is 42.6 Å². The Morgan fingerprint density at radius 3 is 2.38 bits per heavy atom. The minimum atomic E-state index is -0.145. The van der Waals surface area contributed by atoms with E-state index in [9.17, 15) is 4.79 Å². The number of aromatic amines is 1. The van der Waals surface area contributed by atoms with E-state index in [2.05, 4.69) is 14.9 Å². The fourth-order valence-corrected chi connectivity index (χ4v) is 2.71. The van der Waals surface area contributed by atoms with Gasteiger partial charge in [-0.3, -0.25) is 9.89 Å². The first-order valence-electron chi connectivity index (χ1n) is 6.44. The Bertz CT molecular complexity index is 626. The molecule has 0 spiro atoms. The zero-order valence-electron chi connectivity index (χ0n) is 12.0. The second-order valence-electron chi connectivity index (χ2n) is 3.93. The fourth-order valence-electron chi connectivity index (χ4n) is 1.45. The average molecular weight is 346 g/mol. The van der Waals surface area contributed by atoms with Crippen molar-refractivity contribution in [2.75, 3.05) is 4.72 Å². The van der Waals surface area contributed by atoms with E-state index >= 15 is 0 Å². The van der Waals surface area contributed by atoms with Gasteiger partial charge in [0, 0.05) is 27.6 Å². The van der Waals surface area contributed by atoms with Gasteiger partial charge in [0.1, 0.15) is 0 Å². The molecule has 0 saturated heterocycles. The lowest BCUT2D eigenvalue weighted by atomic mass is 10.2. The van der Waals surface area contributed by atoms with Gasteiger partial charge in [0.25, 0.3) is 0 Å². The van der Waals surface area contributed by atoms with Crippen molar-refractivity contribution >= 4 is 41.0 Å². The van der Waals surface area contributed by atoms with E-state index in [1.54, 1.807) is 13.0 Å². The van der Waals surface area contributed by atoms with Crippen molar-refractivity contribution in [2.45, 2.75) is 26.5 Å². The summed E-state index contributed by atoms with van der Waals surface area (Å²) in [5.41, 5.74) is 1.55. The van der Waals surface area contributed by atoms with E-state index in [0.717, 1.165) is 11.3 Å². The summed E-state index contributed by atoms with van der Waals surface area (Å²) in [6.07, 6.45) is 0. The highest BCUT2D eigenvalue weighted by Gasteiger charge is 2.03. The smallest absolute Gasteiger partial charge is 0.225 e. The summed E-state index contributed by atoms with van der Waals surface area (Å²) in [7, 11) is 0. The van der Waals surface area contributed by atoms with Crippen LogP contribution in [0.1, 0.15) is 25.1 Å². The number of benzene rings is 1. The van der Waals surface area contributed by atoms with Crippen LogP contribution in [-0.2, 0) is 5.75 Å². The molecule has 114 valence electrons. The van der Waals surface area contributed by atoms with Crippen LogP contribution in [0.25, 0.3) is 0 Å². The summed E-state index contributed by atoms with van der Waals surface area (Å²) in [5.74, 6) is 0.902. The molecular weight excluding hydrogens is 329 g/mol. The number of nitrogens with one attached hydrogen (secondary N) is 2. The molecule has 0 fully saturated rings. The number of rotatable bonds is 4. The lowest BCUT2D eigenvalue weighted by Gasteiger charge is -2.05. The van der Waals surface area contributed by atoms with Gasteiger partial charge in [-0.2, -0.15) is 5.10 Å². The zero-order valence-corrected chi connectivity index (χ0v) is 14.4. The molecule has 0 bridgehead atoms. The molecule has 1 aromatic heterocycles. The first kappa shape index (κ1) is 17.9. The lowest BCUT2D eigenvalue weighted by Crippen LogP contribution is -2.10. The molecule has 1 aromatic carbocycles. The summed E-state index contributed by atoms with van der Waals surface area (Å²) in [4.78, 5) is 11.6. The van der Waals surface area contributed by atoms with Crippen LogP contribution in [0.15, 0.2) is 29.1 Å². The molecule has 21 heavy (non-hydrogen) atoms. The van der Waals surface area contributed by atoms with E-state index in [1.807, 2.05) is 26.0 Å². The molecular formula is C14H17Cl2N3OS. The van der Waals surface area contributed by atoms with Crippen molar-refractivity contribution in [3.63, 3.8) is 0 Å². The van der Waals surface area contributed by atoms with E-state index in [0.29, 0.717) is 15.8 Å². The molecule has 0 saturated carbocycles. The number of nitrogens with zero attached hydrogens (tertiary/aromatic N) is 1. The van der Waals surface area contributed by atoms with Gasteiger partial charge in [0.05, 0.1) is 0 Å². The van der Waals surface area contributed by atoms with Crippen molar-refractivity contribution in [1.82, 2.24) is 10.2 Å². The average Bonchev–Trinajstić information content (AvgIpc) is 2.42. The summed E-state index contributed by atoms with van der Waals surface area (Å²) in [6.45, 7) is 5.78. The van der Waals surface area contributed by atoms with Crippen LogP contribution in [0.5, 0.6) is 0 Å². The molecule has 0 aliphatic heterocycles. The second kappa shape index (κ2) is 8.97. The van der Waals surface area contributed by atoms with Crippen molar-refractivity contribution in [2.24, 2.45) is 0 Å². The third-order valence-corrected chi connectivity index (χ3v) is 3.51. The maximum atomic E-state index is 11.6. The Hall–Kier alpha value is -1.17. The highest BCUT2D eigenvalue weighted by molar-refractivity contribution is 7.99. The highest BCUT2D eigenvalue weighted by Crippen LogP contribution is 2.22. The van der Waals surface area contributed by atoms with E-state index in [-0.39, 0.29) is 11.2 Å². The molecule has 0 aliphatic rings. The first-order valence-corrected chi connectivity index (χ1v) is 8.18. The van der Waals surface area contributed by atoms with Crippen LogP contribution < -0.4 is 10.2 Å². The molecule has 2 aromatic rings. The minimum Gasteiger partial charge on any atom is -0.309 e. The first-order chi connectivity index (χ1) is 10.0. The predicted molar refractivity (Wildman–Crippen MR) is 92.3 cm³/mol. The van der Waals surface area contributed by atoms with Gasteiger partial charge >= 0.3 is 0 Å². The van der Waals surface area contributed by atoms with Crippen molar-refractivity contribution in [1.29, 1.82) is 0 Å². The third kappa shape index (κ3) is 5.99. The molecule has 0 radical (unpaired) electrons. The summed E-state index contributed by atoms with van der Waals surface area (Å²) in [5, 5.41) is 7.85. The molecule has 0 aliphatic carbocycles. The number of aryl methyl sites for hydroxylation is 1. The van der Waals surface area contributed by atoms with Crippen LogP contribution in [0.4, 0.5) is 5.82 Å². The van der Waals surface area contributed by atoms with Gasteiger partial charge in [-0.15, -0.1) is 0 Å². The maximum absolute atomic E-state index is 11.6. The quantitative estimate of drug-likeness (QED) is 0.790. The monoisotopic (exact) mass is 345 g/mol. The van der Waals surface area contributed by atoms with Crippen LogP contribution in [0.2, 0.25) is 10.0 Å². The molecule has 2 rings (SSSR count). The van der Waals surface area contributed by atoms with E-state index < -0.39 is 0 Å². The van der Waals surface area contributed by atoms with Crippen LogP contribution in [0, 0.1) is 6.92 Å². The van der Waals surface area contributed by atoms with Crippen molar-refractivity contribution in [3.8, 4) is 0 Å².